The maximum Gasteiger partial charge on any atom is 0.254 e. The van der Waals surface area contributed by atoms with Gasteiger partial charge in [-0.3, -0.25) is 14.4 Å². The van der Waals surface area contributed by atoms with Gasteiger partial charge in [-0.2, -0.15) is 0 Å². The molecule has 0 aromatic heterocycles. The number of benzene rings is 3. The molecule has 3 aromatic rings. The molecular formula is C35H42N4O5. The first-order valence-electron chi connectivity index (χ1n) is 15.4. The summed E-state index contributed by atoms with van der Waals surface area (Å²) >= 11 is 0. The Bertz CT molecular complexity index is 1420. The summed E-state index contributed by atoms with van der Waals surface area (Å²) in [4.78, 5) is 45.3. The summed E-state index contributed by atoms with van der Waals surface area (Å²) in [6.45, 7) is 0.677. The minimum absolute atomic E-state index is 0.0187. The molecule has 1 aliphatic carbocycles. The van der Waals surface area contributed by atoms with Gasteiger partial charge in [0.15, 0.2) is 0 Å². The number of rotatable bonds is 10. The molecular weight excluding hydrogens is 556 g/mol. The largest absolute Gasteiger partial charge is 0.497 e. The van der Waals surface area contributed by atoms with E-state index in [0.29, 0.717) is 42.0 Å². The predicted molar refractivity (Wildman–Crippen MR) is 169 cm³/mol. The van der Waals surface area contributed by atoms with Gasteiger partial charge in [0.25, 0.3) is 11.8 Å². The molecule has 232 valence electrons. The minimum atomic E-state index is -0.725. The van der Waals surface area contributed by atoms with Gasteiger partial charge in [0.05, 0.1) is 20.3 Å². The summed E-state index contributed by atoms with van der Waals surface area (Å²) in [5.74, 6) is 0.616. The number of carbonyl (C=O) groups is 3. The Morgan fingerprint density at radius 3 is 2.25 bits per heavy atom. The normalized spacial score (nSPS) is 21.4. The maximum atomic E-state index is 14.1. The first-order chi connectivity index (χ1) is 21.4. The van der Waals surface area contributed by atoms with E-state index in [1.807, 2.05) is 35.2 Å². The molecule has 0 bridgehead atoms. The van der Waals surface area contributed by atoms with Crippen molar-refractivity contribution in [3.05, 3.63) is 95.6 Å². The number of nitrogens with one attached hydrogen (secondary N) is 1. The van der Waals surface area contributed by atoms with Crippen LogP contribution in [0.4, 0.5) is 0 Å². The molecule has 1 aliphatic heterocycles. The maximum absolute atomic E-state index is 14.1. The van der Waals surface area contributed by atoms with Crippen LogP contribution in [-0.2, 0) is 11.2 Å². The van der Waals surface area contributed by atoms with Crippen LogP contribution in [0.25, 0.3) is 0 Å². The number of methoxy groups -OCH3 is 2. The molecule has 3 aromatic carbocycles. The van der Waals surface area contributed by atoms with Crippen LogP contribution in [0.5, 0.6) is 11.5 Å². The third kappa shape index (κ3) is 7.39. The lowest BCUT2D eigenvalue weighted by Gasteiger charge is -2.30. The van der Waals surface area contributed by atoms with E-state index in [1.165, 1.54) is 0 Å². The highest BCUT2D eigenvalue weighted by atomic mass is 16.5. The van der Waals surface area contributed by atoms with Crippen LogP contribution in [0.15, 0.2) is 78.9 Å². The summed E-state index contributed by atoms with van der Waals surface area (Å²) in [7, 11) is 3.14. The van der Waals surface area contributed by atoms with Crippen molar-refractivity contribution < 1.29 is 23.9 Å². The lowest BCUT2D eigenvalue weighted by Crippen LogP contribution is -2.50. The first kappa shape index (κ1) is 31.1. The van der Waals surface area contributed by atoms with Gasteiger partial charge in [0.1, 0.15) is 17.5 Å². The summed E-state index contributed by atoms with van der Waals surface area (Å²) < 4.78 is 10.7. The topological polar surface area (TPSA) is 114 Å². The van der Waals surface area contributed by atoms with Gasteiger partial charge in [0, 0.05) is 36.3 Å². The van der Waals surface area contributed by atoms with Crippen LogP contribution < -0.4 is 20.5 Å². The second-order valence-electron chi connectivity index (χ2n) is 11.7. The number of nitrogens with zero attached hydrogens (tertiary/aromatic N) is 2. The van der Waals surface area contributed by atoms with Gasteiger partial charge in [-0.25, -0.2) is 0 Å². The van der Waals surface area contributed by atoms with Crippen LogP contribution >= 0.6 is 0 Å². The van der Waals surface area contributed by atoms with Crippen LogP contribution in [0, 0.1) is 0 Å². The molecule has 3 amide bonds. The Balaban J connectivity index is 1.43. The second-order valence-corrected chi connectivity index (χ2v) is 11.7. The zero-order chi connectivity index (χ0) is 31.1. The molecule has 3 N–H and O–H groups in total. The van der Waals surface area contributed by atoms with Gasteiger partial charge < -0.3 is 30.3 Å². The highest BCUT2D eigenvalue weighted by Gasteiger charge is 2.44. The highest BCUT2D eigenvalue weighted by Crippen LogP contribution is 2.28. The Hall–Kier alpha value is -4.37. The molecule has 2 aliphatic rings. The predicted octanol–water partition coefficient (Wildman–Crippen LogP) is 4.06. The van der Waals surface area contributed by atoms with Crippen molar-refractivity contribution in [1.82, 2.24) is 15.1 Å². The molecule has 9 heteroatoms. The third-order valence-corrected chi connectivity index (χ3v) is 8.80. The number of nitrogens with two attached hydrogens (primary N) is 1. The van der Waals surface area contributed by atoms with Crippen molar-refractivity contribution in [1.29, 1.82) is 0 Å². The lowest BCUT2D eigenvalue weighted by atomic mass is 9.91. The monoisotopic (exact) mass is 598 g/mol. The van der Waals surface area contributed by atoms with Crippen molar-refractivity contribution in [3.63, 3.8) is 0 Å². The third-order valence-electron chi connectivity index (χ3n) is 8.80. The molecule has 9 nitrogen and oxygen atoms in total. The van der Waals surface area contributed by atoms with E-state index in [0.717, 1.165) is 31.2 Å². The van der Waals surface area contributed by atoms with Crippen molar-refractivity contribution in [2.75, 3.05) is 27.3 Å². The van der Waals surface area contributed by atoms with Crippen molar-refractivity contribution >= 4 is 17.7 Å². The van der Waals surface area contributed by atoms with Gasteiger partial charge >= 0.3 is 0 Å². The summed E-state index contributed by atoms with van der Waals surface area (Å²) in [5.41, 5.74) is 8.16. The zero-order valence-electron chi connectivity index (χ0n) is 25.5. The quantitative estimate of drug-likeness (QED) is 0.364. The number of amides is 3. The molecule has 1 saturated carbocycles. The molecule has 44 heavy (non-hydrogen) atoms. The fourth-order valence-corrected chi connectivity index (χ4v) is 6.24. The molecule has 2 atom stereocenters. The number of hydrogen-bond acceptors (Lipinski definition) is 6. The zero-order valence-corrected chi connectivity index (χ0v) is 25.5. The van der Waals surface area contributed by atoms with E-state index in [2.05, 4.69) is 5.32 Å². The van der Waals surface area contributed by atoms with Crippen LogP contribution in [0.3, 0.4) is 0 Å². The summed E-state index contributed by atoms with van der Waals surface area (Å²) in [6.07, 6.45) is 4.31. The minimum Gasteiger partial charge on any atom is -0.497 e. The van der Waals surface area contributed by atoms with Gasteiger partial charge in [-0.15, -0.1) is 0 Å². The van der Waals surface area contributed by atoms with Gasteiger partial charge in [-0.05, 0) is 86.6 Å². The summed E-state index contributed by atoms with van der Waals surface area (Å²) in [5, 5.41) is 3.20. The highest BCUT2D eigenvalue weighted by molar-refractivity contribution is 5.99. The van der Waals surface area contributed by atoms with E-state index >= 15 is 0 Å². The van der Waals surface area contributed by atoms with Crippen molar-refractivity contribution in [2.24, 2.45) is 5.73 Å². The van der Waals surface area contributed by atoms with Gasteiger partial charge in [0.2, 0.25) is 5.91 Å². The molecule has 5 rings (SSSR count). The van der Waals surface area contributed by atoms with Crippen LogP contribution in [-0.4, -0.2) is 79.0 Å². The standard InChI is InChI=1S/C35H42N4O5/c1-43-30-17-11-25(12-18-30)34(41)38(20-19-24-7-4-3-5-8-24)29-22-32(33(40)37-28-15-13-27(36)14-16-28)39(23-29)35(42)26-9-6-10-31(21-26)44-2/h3-12,17-18,21,27-29,32H,13-16,19-20,22-23,36H2,1-2H3,(H,37,40). The van der Waals surface area contributed by atoms with E-state index in [9.17, 15) is 14.4 Å². The SMILES string of the molecule is COc1ccc(C(=O)N(CCc2ccccc2)C2CC(C(=O)NC3CCC(N)CC3)N(C(=O)c3cccc(OC)c3)C2)cc1. The number of likely N-dealkylation sites (tertiary alicyclic amines) is 1. The number of hydrogen-bond donors (Lipinski definition) is 2. The average Bonchev–Trinajstić information content (AvgIpc) is 3.51. The second kappa shape index (κ2) is 14.4. The molecule has 2 unspecified atom stereocenters. The number of carbonyl (C=O) groups excluding carboxylic acids is 3. The molecule has 0 radical (unpaired) electrons. The number of ether oxygens (including phenoxy) is 2. The Morgan fingerprint density at radius 2 is 1.57 bits per heavy atom. The van der Waals surface area contributed by atoms with Gasteiger partial charge in [-0.1, -0.05) is 36.4 Å². The fraction of sp³-hybridized carbons (Fsp3) is 0.400. The van der Waals surface area contributed by atoms with E-state index in [1.54, 1.807) is 67.7 Å². The van der Waals surface area contributed by atoms with Crippen LogP contribution in [0.1, 0.15) is 58.4 Å². The molecule has 0 spiro atoms. The summed E-state index contributed by atoms with van der Waals surface area (Å²) in [6, 6.07) is 23.1. The van der Waals surface area contributed by atoms with Crippen LogP contribution in [0.2, 0.25) is 0 Å². The molecule has 2 fully saturated rings. The smallest absolute Gasteiger partial charge is 0.254 e. The lowest BCUT2D eigenvalue weighted by molar-refractivity contribution is -0.125. The molecule has 1 saturated heterocycles. The Morgan fingerprint density at radius 1 is 0.864 bits per heavy atom. The van der Waals surface area contributed by atoms with Crippen molar-refractivity contribution in [3.8, 4) is 11.5 Å². The average molecular weight is 599 g/mol. The van der Waals surface area contributed by atoms with Crippen molar-refractivity contribution in [2.45, 2.75) is 62.7 Å². The molecule has 1 heterocycles. The van der Waals surface area contributed by atoms with E-state index in [4.69, 9.17) is 15.2 Å². The Kier molecular flexibility index (Phi) is 10.2. The first-order valence-corrected chi connectivity index (χ1v) is 15.4. The Labute approximate surface area is 259 Å². The van der Waals surface area contributed by atoms with E-state index < -0.39 is 6.04 Å². The fourth-order valence-electron chi connectivity index (χ4n) is 6.24. The van der Waals surface area contributed by atoms with E-state index in [-0.39, 0.29) is 42.4 Å².